The first kappa shape index (κ1) is 24.7. The van der Waals surface area contributed by atoms with Gasteiger partial charge in [0.2, 0.25) is 0 Å². The Morgan fingerprint density at radius 1 is 1.09 bits per heavy atom. The fourth-order valence-corrected chi connectivity index (χ4v) is 8.47. The maximum Gasteiger partial charge on any atom is 0.0916 e. The van der Waals surface area contributed by atoms with Crippen LogP contribution in [0.3, 0.4) is 0 Å². The molecule has 3 fully saturated rings. The van der Waals surface area contributed by atoms with E-state index >= 15 is 0 Å². The first-order valence-corrected chi connectivity index (χ1v) is 13.0. The van der Waals surface area contributed by atoms with Crippen molar-refractivity contribution in [1.29, 1.82) is 0 Å². The SMILES string of the molecule is CC(C)CC[C@@H](O)[C@](C)(O)[C@@H]1CC[C@@]2(O)C3=CC[C@@H]4C[C@H](O)[C@H](O)C[C@]4(C)[C@H]3CC[C@]12C. The summed E-state index contributed by atoms with van der Waals surface area (Å²) in [7, 11) is 0. The van der Waals surface area contributed by atoms with Crippen molar-refractivity contribution in [2.24, 2.45) is 34.5 Å². The average molecular weight is 451 g/mol. The zero-order valence-corrected chi connectivity index (χ0v) is 20.7. The lowest BCUT2D eigenvalue weighted by Crippen LogP contribution is -2.61. The topological polar surface area (TPSA) is 101 Å². The number of allylic oxidation sites excluding steroid dienone is 1. The van der Waals surface area contributed by atoms with Crippen LogP contribution in [0.2, 0.25) is 0 Å². The standard InChI is InChI=1S/C27H46O5/c1-16(2)6-9-23(30)26(5,31)22-11-13-27(32)19-8-7-17-14-20(28)21(29)15-24(17,3)18(19)10-12-25(22,27)4/h8,16-18,20-23,28-32H,6-7,9-15H2,1-5H3/t17-,18+,20+,21-,22-,23-,24+,25-,26-,27-/m1/s1. The van der Waals surface area contributed by atoms with E-state index in [9.17, 15) is 25.5 Å². The van der Waals surface area contributed by atoms with Crippen molar-refractivity contribution in [2.45, 2.75) is 122 Å². The molecule has 0 radical (unpaired) electrons. The summed E-state index contributed by atoms with van der Waals surface area (Å²) >= 11 is 0. The molecule has 5 heteroatoms. The molecule has 32 heavy (non-hydrogen) atoms. The van der Waals surface area contributed by atoms with Gasteiger partial charge in [-0.1, -0.05) is 33.8 Å². The number of hydrogen-bond acceptors (Lipinski definition) is 5. The van der Waals surface area contributed by atoms with Gasteiger partial charge in [-0.15, -0.1) is 0 Å². The largest absolute Gasteiger partial charge is 0.390 e. The third-order valence-electron chi connectivity index (χ3n) is 10.7. The van der Waals surface area contributed by atoms with E-state index in [1.54, 1.807) is 6.92 Å². The molecule has 5 nitrogen and oxygen atoms in total. The maximum atomic E-state index is 12.2. The lowest BCUT2D eigenvalue weighted by molar-refractivity contribution is -0.174. The summed E-state index contributed by atoms with van der Waals surface area (Å²) in [6.07, 6.45) is 6.53. The van der Waals surface area contributed by atoms with Crippen molar-refractivity contribution in [3.05, 3.63) is 11.6 Å². The molecule has 3 saturated carbocycles. The molecule has 0 amide bonds. The molecular weight excluding hydrogens is 404 g/mol. The first-order valence-electron chi connectivity index (χ1n) is 13.0. The van der Waals surface area contributed by atoms with Gasteiger partial charge in [0.05, 0.1) is 29.5 Å². The Bertz CT molecular complexity index is 746. The second kappa shape index (κ2) is 8.05. The number of aliphatic hydroxyl groups is 5. The third kappa shape index (κ3) is 3.45. The van der Waals surface area contributed by atoms with Crippen LogP contribution in [0.15, 0.2) is 11.6 Å². The van der Waals surface area contributed by atoms with Gasteiger partial charge in [0.15, 0.2) is 0 Å². The maximum absolute atomic E-state index is 12.2. The van der Waals surface area contributed by atoms with Crippen molar-refractivity contribution >= 4 is 0 Å². The molecule has 0 aromatic carbocycles. The Morgan fingerprint density at radius 2 is 1.78 bits per heavy atom. The van der Waals surface area contributed by atoms with Crippen LogP contribution in [0, 0.1) is 34.5 Å². The van der Waals surface area contributed by atoms with Crippen LogP contribution < -0.4 is 0 Å². The molecule has 4 aliphatic carbocycles. The Kier molecular flexibility index (Phi) is 6.20. The summed E-state index contributed by atoms with van der Waals surface area (Å²) in [5, 5.41) is 55.5. The second-order valence-electron chi connectivity index (χ2n) is 12.8. The van der Waals surface area contributed by atoms with Gasteiger partial charge in [-0.2, -0.15) is 0 Å². The molecule has 0 aromatic heterocycles. The Labute approximate surface area is 193 Å². The molecule has 4 rings (SSSR count). The number of fused-ring (bicyclic) bond motifs is 5. The summed E-state index contributed by atoms with van der Waals surface area (Å²) in [6.45, 7) is 10.4. The van der Waals surface area contributed by atoms with Gasteiger partial charge >= 0.3 is 0 Å². The Balaban J connectivity index is 1.63. The highest BCUT2D eigenvalue weighted by Crippen LogP contribution is 2.69. The van der Waals surface area contributed by atoms with Gasteiger partial charge < -0.3 is 25.5 Å². The molecule has 5 N–H and O–H groups in total. The van der Waals surface area contributed by atoms with E-state index in [2.05, 4.69) is 33.8 Å². The molecule has 184 valence electrons. The Morgan fingerprint density at radius 3 is 2.44 bits per heavy atom. The molecule has 0 unspecified atom stereocenters. The van der Waals surface area contributed by atoms with Crippen LogP contribution in [-0.4, -0.2) is 55.0 Å². The molecule has 0 spiro atoms. The molecule has 0 heterocycles. The molecular formula is C27H46O5. The van der Waals surface area contributed by atoms with Crippen molar-refractivity contribution in [2.75, 3.05) is 0 Å². The van der Waals surface area contributed by atoms with E-state index < -0.39 is 34.9 Å². The van der Waals surface area contributed by atoms with Crippen LogP contribution in [0.4, 0.5) is 0 Å². The zero-order chi connectivity index (χ0) is 23.7. The van der Waals surface area contributed by atoms with E-state index in [-0.39, 0.29) is 17.3 Å². The van der Waals surface area contributed by atoms with Crippen LogP contribution in [-0.2, 0) is 0 Å². The number of aliphatic hydroxyl groups excluding tert-OH is 3. The fourth-order valence-electron chi connectivity index (χ4n) is 8.47. The van der Waals surface area contributed by atoms with Gasteiger partial charge in [-0.05, 0) is 99.4 Å². The van der Waals surface area contributed by atoms with Crippen molar-refractivity contribution < 1.29 is 25.5 Å². The lowest BCUT2D eigenvalue weighted by atomic mass is 9.46. The van der Waals surface area contributed by atoms with Gasteiger partial charge in [0.1, 0.15) is 0 Å². The normalized spacial score (nSPS) is 49.0. The summed E-state index contributed by atoms with van der Waals surface area (Å²) in [6, 6.07) is 0. The van der Waals surface area contributed by atoms with Gasteiger partial charge in [0, 0.05) is 5.41 Å². The number of rotatable bonds is 5. The smallest absolute Gasteiger partial charge is 0.0916 e. The quantitative estimate of drug-likeness (QED) is 0.412. The van der Waals surface area contributed by atoms with Gasteiger partial charge in [-0.3, -0.25) is 0 Å². The van der Waals surface area contributed by atoms with Crippen molar-refractivity contribution in [3.8, 4) is 0 Å². The minimum atomic E-state index is -1.24. The van der Waals surface area contributed by atoms with Crippen LogP contribution in [0.1, 0.15) is 92.4 Å². The third-order valence-corrected chi connectivity index (χ3v) is 10.7. The highest BCUT2D eigenvalue weighted by atomic mass is 16.3. The minimum Gasteiger partial charge on any atom is -0.390 e. The first-order chi connectivity index (χ1) is 14.8. The number of hydrogen-bond donors (Lipinski definition) is 5. The van der Waals surface area contributed by atoms with E-state index in [0.717, 1.165) is 31.3 Å². The van der Waals surface area contributed by atoms with Crippen molar-refractivity contribution in [1.82, 2.24) is 0 Å². The highest BCUT2D eigenvalue weighted by Gasteiger charge is 2.68. The van der Waals surface area contributed by atoms with E-state index in [1.165, 1.54) is 0 Å². The van der Waals surface area contributed by atoms with Crippen molar-refractivity contribution in [3.63, 3.8) is 0 Å². The van der Waals surface area contributed by atoms with Gasteiger partial charge in [0.25, 0.3) is 0 Å². The van der Waals surface area contributed by atoms with Crippen LogP contribution in [0.5, 0.6) is 0 Å². The van der Waals surface area contributed by atoms with E-state index in [1.807, 2.05) is 0 Å². The monoisotopic (exact) mass is 450 g/mol. The molecule has 0 aliphatic heterocycles. The molecule has 0 bridgehead atoms. The highest BCUT2D eigenvalue weighted by molar-refractivity contribution is 5.36. The predicted octanol–water partition coefficient (Wildman–Crippen LogP) is 3.56. The summed E-state index contributed by atoms with van der Waals surface area (Å²) < 4.78 is 0. The average Bonchev–Trinajstić information content (AvgIpc) is 2.99. The fraction of sp³-hybridized carbons (Fsp3) is 0.926. The summed E-state index contributed by atoms with van der Waals surface area (Å²) in [4.78, 5) is 0. The van der Waals surface area contributed by atoms with E-state index in [0.29, 0.717) is 43.9 Å². The predicted molar refractivity (Wildman–Crippen MR) is 125 cm³/mol. The summed E-state index contributed by atoms with van der Waals surface area (Å²) in [5.41, 5.74) is -1.75. The lowest BCUT2D eigenvalue weighted by Gasteiger charge is -2.61. The summed E-state index contributed by atoms with van der Waals surface area (Å²) in [5.74, 6) is 0.808. The van der Waals surface area contributed by atoms with E-state index in [4.69, 9.17) is 0 Å². The second-order valence-corrected chi connectivity index (χ2v) is 12.8. The van der Waals surface area contributed by atoms with Crippen LogP contribution in [0.25, 0.3) is 0 Å². The van der Waals surface area contributed by atoms with Gasteiger partial charge in [-0.25, -0.2) is 0 Å². The Hall–Kier alpha value is -0.460. The van der Waals surface area contributed by atoms with Crippen LogP contribution >= 0.6 is 0 Å². The molecule has 0 aromatic rings. The minimum absolute atomic E-state index is 0.128. The zero-order valence-electron chi connectivity index (χ0n) is 20.7. The molecule has 4 aliphatic rings. The molecule has 10 atom stereocenters. The molecule has 0 saturated heterocycles.